The molecule has 0 aromatic heterocycles. The summed E-state index contributed by atoms with van der Waals surface area (Å²) < 4.78 is 1.14. The zero-order chi connectivity index (χ0) is 10.6. The lowest BCUT2D eigenvalue weighted by Gasteiger charge is -2.22. The minimum absolute atomic E-state index is 0.566. The van der Waals surface area contributed by atoms with Crippen LogP contribution in [0.15, 0.2) is 28.7 Å². The average molecular weight is 256 g/mol. The van der Waals surface area contributed by atoms with E-state index in [0.717, 1.165) is 10.9 Å². The lowest BCUT2D eigenvalue weighted by atomic mass is 9.92. The highest BCUT2D eigenvalue weighted by molar-refractivity contribution is 9.10. The van der Waals surface area contributed by atoms with Gasteiger partial charge in [-0.25, -0.2) is 0 Å². The molecule has 0 amide bonds. The van der Waals surface area contributed by atoms with Crippen molar-refractivity contribution in [3.05, 3.63) is 34.3 Å². The molecule has 1 rings (SSSR count). The van der Waals surface area contributed by atoms with Gasteiger partial charge in [0.1, 0.15) is 0 Å². The van der Waals surface area contributed by atoms with Crippen molar-refractivity contribution in [2.75, 3.05) is 7.05 Å². The van der Waals surface area contributed by atoms with E-state index >= 15 is 0 Å². The molecule has 0 aliphatic heterocycles. The lowest BCUT2D eigenvalue weighted by Crippen LogP contribution is -2.29. The van der Waals surface area contributed by atoms with Gasteiger partial charge in [0, 0.05) is 10.5 Å². The van der Waals surface area contributed by atoms with Crippen LogP contribution in [0.25, 0.3) is 0 Å². The van der Waals surface area contributed by atoms with E-state index in [1.54, 1.807) is 0 Å². The molecule has 1 aromatic carbocycles. The van der Waals surface area contributed by atoms with E-state index < -0.39 is 0 Å². The van der Waals surface area contributed by atoms with Crippen molar-refractivity contribution < 1.29 is 0 Å². The van der Waals surface area contributed by atoms with Gasteiger partial charge in [0.25, 0.3) is 0 Å². The van der Waals surface area contributed by atoms with Gasteiger partial charge in [0.05, 0.1) is 0 Å². The second-order valence-electron chi connectivity index (χ2n) is 3.64. The van der Waals surface area contributed by atoms with E-state index in [1.165, 1.54) is 5.56 Å². The summed E-state index contributed by atoms with van der Waals surface area (Å²) in [6.45, 7) is 4.49. The molecule has 0 spiro atoms. The van der Waals surface area contributed by atoms with Crippen LogP contribution in [0.2, 0.25) is 0 Å². The first-order valence-electron chi connectivity index (χ1n) is 5.11. The van der Waals surface area contributed by atoms with Crippen LogP contribution in [0, 0.1) is 0 Å². The zero-order valence-corrected chi connectivity index (χ0v) is 10.6. The Balaban J connectivity index is 2.77. The highest BCUT2D eigenvalue weighted by Crippen LogP contribution is 2.22. The van der Waals surface area contributed by atoms with Crippen LogP contribution >= 0.6 is 15.9 Å². The van der Waals surface area contributed by atoms with E-state index in [1.807, 2.05) is 7.05 Å². The van der Waals surface area contributed by atoms with Gasteiger partial charge in [0.2, 0.25) is 0 Å². The summed E-state index contributed by atoms with van der Waals surface area (Å²) in [6.07, 6.45) is 1.16. The zero-order valence-electron chi connectivity index (χ0n) is 9.05. The number of benzene rings is 1. The fourth-order valence-corrected chi connectivity index (χ4v) is 2.07. The lowest BCUT2D eigenvalue weighted by molar-refractivity contribution is 0.473. The number of hydrogen-bond acceptors (Lipinski definition) is 1. The molecule has 0 aliphatic rings. The van der Waals surface area contributed by atoms with Gasteiger partial charge >= 0.3 is 0 Å². The minimum Gasteiger partial charge on any atom is -0.316 e. The standard InChI is InChI=1S/C12H18BrN/c1-4-12(14-3)9(2)10-5-7-11(13)8-6-10/h5-9,12,14H,4H2,1-3H3. The molecule has 2 heteroatoms. The third kappa shape index (κ3) is 2.82. The average Bonchev–Trinajstić information content (AvgIpc) is 2.20. The molecule has 1 aromatic rings. The number of rotatable bonds is 4. The van der Waals surface area contributed by atoms with Crippen molar-refractivity contribution in [2.24, 2.45) is 0 Å². The number of likely N-dealkylation sites (N-methyl/N-ethyl adjacent to an activating group) is 1. The van der Waals surface area contributed by atoms with E-state index in [-0.39, 0.29) is 0 Å². The second-order valence-corrected chi connectivity index (χ2v) is 4.56. The predicted octanol–water partition coefficient (Wildman–Crippen LogP) is 3.55. The highest BCUT2D eigenvalue weighted by atomic mass is 79.9. The summed E-state index contributed by atoms with van der Waals surface area (Å²) in [5.41, 5.74) is 1.40. The summed E-state index contributed by atoms with van der Waals surface area (Å²) in [4.78, 5) is 0. The van der Waals surface area contributed by atoms with Crippen molar-refractivity contribution in [1.29, 1.82) is 0 Å². The van der Waals surface area contributed by atoms with Gasteiger partial charge in [-0.1, -0.05) is 41.9 Å². The van der Waals surface area contributed by atoms with E-state index in [0.29, 0.717) is 12.0 Å². The van der Waals surface area contributed by atoms with Crippen LogP contribution in [-0.2, 0) is 0 Å². The molecule has 0 saturated carbocycles. The number of hydrogen-bond donors (Lipinski definition) is 1. The maximum Gasteiger partial charge on any atom is 0.0175 e. The molecule has 78 valence electrons. The van der Waals surface area contributed by atoms with Crippen LogP contribution in [-0.4, -0.2) is 13.1 Å². The molecule has 0 saturated heterocycles. The Morgan fingerprint density at radius 1 is 1.29 bits per heavy atom. The molecule has 0 heterocycles. The quantitative estimate of drug-likeness (QED) is 0.868. The maximum absolute atomic E-state index is 3.45. The third-order valence-electron chi connectivity index (χ3n) is 2.81. The second kappa shape index (κ2) is 5.52. The summed E-state index contributed by atoms with van der Waals surface area (Å²) in [5.74, 6) is 0.568. The molecule has 1 nitrogen and oxygen atoms in total. The maximum atomic E-state index is 3.45. The SMILES string of the molecule is CCC(NC)C(C)c1ccc(Br)cc1. The first-order chi connectivity index (χ1) is 6.69. The summed E-state index contributed by atoms with van der Waals surface area (Å²) in [7, 11) is 2.03. The Morgan fingerprint density at radius 3 is 2.29 bits per heavy atom. The van der Waals surface area contributed by atoms with Crippen molar-refractivity contribution in [3.63, 3.8) is 0 Å². The molecule has 1 N–H and O–H groups in total. The molecule has 14 heavy (non-hydrogen) atoms. The monoisotopic (exact) mass is 255 g/mol. The van der Waals surface area contributed by atoms with Crippen LogP contribution in [0.1, 0.15) is 31.7 Å². The van der Waals surface area contributed by atoms with Crippen molar-refractivity contribution >= 4 is 15.9 Å². The third-order valence-corrected chi connectivity index (χ3v) is 3.34. The predicted molar refractivity (Wildman–Crippen MR) is 65.7 cm³/mol. The Kier molecular flexibility index (Phi) is 4.63. The van der Waals surface area contributed by atoms with Crippen LogP contribution in [0.3, 0.4) is 0 Å². The fraction of sp³-hybridized carbons (Fsp3) is 0.500. The van der Waals surface area contributed by atoms with Crippen molar-refractivity contribution in [2.45, 2.75) is 32.2 Å². The molecule has 0 aliphatic carbocycles. The van der Waals surface area contributed by atoms with E-state index in [2.05, 4.69) is 59.4 Å². The summed E-state index contributed by atoms with van der Waals surface area (Å²) in [6, 6.07) is 9.16. The first-order valence-corrected chi connectivity index (χ1v) is 5.91. The Bertz CT molecular complexity index is 264. The van der Waals surface area contributed by atoms with Gasteiger partial charge in [-0.15, -0.1) is 0 Å². The molecular weight excluding hydrogens is 238 g/mol. The van der Waals surface area contributed by atoms with Gasteiger partial charge < -0.3 is 5.32 Å². The van der Waals surface area contributed by atoms with Crippen molar-refractivity contribution in [3.8, 4) is 0 Å². The van der Waals surface area contributed by atoms with Crippen LogP contribution in [0.4, 0.5) is 0 Å². The Morgan fingerprint density at radius 2 is 1.86 bits per heavy atom. The van der Waals surface area contributed by atoms with E-state index in [4.69, 9.17) is 0 Å². The minimum atomic E-state index is 0.566. The summed E-state index contributed by atoms with van der Waals surface area (Å²) in [5, 5.41) is 3.35. The molecule has 0 radical (unpaired) electrons. The van der Waals surface area contributed by atoms with Gasteiger partial charge in [-0.05, 0) is 37.1 Å². The largest absolute Gasteiger partial charge is 0.316 e. The smallest absolute Gasteiger partial charge is 0.0175 e. The fourth-order valence-electron chi connectivity index (χ4n) is 1.81. The van der Waals surface area contributed by atoms with E-state index in [9.17, 15) is 0 Å². The van der Waals surface area contributed by atoms with Crippen LogP contribution < -0.4 is 5.32 Å². The van der Waals surface area contributed by atoms with Crippen LogP contribution in [0.5, 0.6) is 0 Å². The highest BCUT2D eigenvalue weighted by Gasteiger charge is 2.14. The summed E-state index contributed by atoms with van der Waals surface area (Å²) >= 11 is 3.45. The molecule has 0 bridgehead atoms. The molecule has 0 fully saturated rings. The van der Waals surface area contributed by atoms with Gasteiger partial charge in [-0.3, -0.25) is 0 Å². The number of nitrogens with one attached hydrogen (secondary N) is 1. The normalized spacial score (nSPS) is 15.1. The first kappa shape index (κ1) is 11.7. The molecule has 2 unspecified atom stereocenters. The number of halogens is 1. The molecule has 2 atom stereocenters. The topological polar surface area (TPSA) is 12.0 Å². The Hall–Kier alpha value is -0.340. The van der Waals surface area contributed by atoms with Crippen molar-refractivity contribution in [1.82, 2.24) is 5.32 Å². The van der Waals surface area contributed by atoms with Gasteiger partial charge in [0.15, 0.2) is 0 Å². The molecular formula is C12H18BrN. The Labute approximate surface area is 95.0 Å². The van der Waals surface area contributed by atoms with Gasteiger partial charge in [-0.2, -0.15) is 0 Å².